The van der Waals surface area contributed by atoms with Crippen LogP contribution in [0.1, 0.15) is 47.4 Å². The van der Waals surface area contributed by atoms with Crippen molar-refractivity contribution in [3.63, 3.8) is 0 Å². The molecule has 2 amide bonds. The van der Waals surface area contributed by atoms with Gasteiger partial charge in [0.05, 0.1) is 5.69 Å². The molecule has 4 rings (SSSR count). The monoisotopic (exact) mass is 384 g/mol. The number of rotatable bonds is 3. The Morgan fingerprint density at radius 3 is 2.57 bits per heavy atom. The predicted molar refractivity (Wildman–Crippen MR) is 103 cm³/mol. The summed E-state index contributed by atoms with van der Waals surface area (Å²) in [5.74, 6) is -0.547. The number of benzene rings is 1. The maximum Gasteiger partial charge on any atom is 0.275 e. The highest BCUT2D eigenvalue weighted by Gasteiger charge is 2.37. The highest BCUT2D eigenvalue weighted by atomic mass is 19.1. The lowest BCUT2D eigenvalue weighted by Crippen LogP contribution is -2.42. The average Bonchev–Trinajstić information content (AvgIpc) is 3.11. The number of halogens is 1. The molecule has 2 heterocycles. The van der Waals surface area contributed by atoms with Gasteiger partial charge in [0.15, 0.2) is 5.69 Å². The zero-order valence-corrected chi connectivity index (χ0v) is 16.3. The largest absolute Gasteiger partial charge is 0.344 e. The maximum absolute atomic E-state index is 13.4. The molecule has 1 aliphatic heterocycles. The van der Waals surface area contributed by atoms with E-state index in [4.69, 9.17) is 0 Å². The minimum Gasteiger partial charge on any atom is -0.344 e. The molecule has 28 heavy (non-hydrogen) atoms. The fraction of sp³-hybridized carbons (Fsp3) is 0.476. The first-order valence-electron chi connectivity index (χ1n) is 9.86. The highest BCUT2D eigenvalue weighted by molar-refractivity contribution is 5.97. The van der Waals surface area contributed by atoms with Crippen molar-refractivity contribution in [1.29, 1.82) is 0 Å². The van der Waals surface area contributed by atoms with Crippen LogP contribution in [0.2, 0.25) is 0 Å². The van der Waals surface area contributed by atoms with Gasteiger partial charge >= 0.3 is 0 Å². The first-order valence-corrected chi connectivity index (χ1v) is 9.86. The Labute approximate surface area is 163 Å². The van der Waals surface area contributed by atoms with E-state index in [0.717, 1.165) is 49.0 Å². The van der Waals surface area contributed by atoms with E-state index in [1.807, 2.05) is 0 Å². The number of carbonyl (C=O) groups is 2. The lowest BCUT2D eigenvalue weighted by atomic mass is 10.1. The van der Waals surface area contributed by atoms with Gasteiger partial charge in [0.2, 0.25) is 5.91 Å². The molecule has 148 valence electrons. The molecular formula is C21H25FN4O2. The van der Waals surface area contributed by atoms with Gasteiger partial charge in [-0.05, 0) is 56.4 Å². The summed E-state index contributed by atoms with van der Waals surface area (Å²) in [6.07, 6.45) is 5.42. The second kappa shape index (κ2) is 7.37. The molecule has 0 N–H and O–H groups in total. The average molecular weight is 384 g/mol. The zero-order chi connectivity index (χ0) is 19.8. The molecule has 1 aromatic carbocycles. The van der Waals surface area contributed by atoms with Crippen molar-refractivity contribution in [1.82, 2.24) is 19.6 Å². The van der Waals surface area contributed by atoms with Crippen LogP contribution in [0.5, 0.6) is 0 Å². The Morgan fingerprint density at radius 1 is 1.18 bits per heavy atom. The van der Waals surface area contributed by atoms with Crippen molar-refractivity contribution in [2.75, 3.05) is 20.6 Å². The van der Waals surface area contributed by atoms with Crippen LogP contribution >= 0.6 is 0 Å². The number of carbonyl (C=O) groups excluding carboxylic acids is 2. The van der Waals surface area contributed by atoms with Crippen LogP contribution in [0.15, 0.2) is 24.3 Å². The molecule has 1 saturated heterocycles. The molecule has 1 atom stereocenters. The van der Waals surface area contributed by atoms with Gasteiger partial charge in [0.1, 0.15) is 11.9 Å². The third-order valence-electron chi connectivity index (χ3n) is 5.89. The first-order chi connectivity index (χ1) is 13.5. The van der Waals surface area contributed by atoms with Crippen LogP contribution in [-0.2, 0) is 17.6 Å². The number of fused-ring (bicyclic) bond motifs is 1. The van der Waals surface area contributed by atoms with E-state index in [2.05, 4.69) is 5.10 Å². The van der Waals surface area contributed by atoms with Gasteiger partial charge in [0, 0.05) is 31.9 Å². The third-order valence-corrected chi connectivity index (χ3v) is 5.89. The van der Waals surface area contributed by atoms with Gasteiger partial charge in [-0.3, -0.25) is 9.59 Å². The van der Waals surface area contributed by atoms with Crippen LogP contribution in [0.25, 0.3) is 5.69 Å². The standard InChI is InChI=1S/C21H25FN4O2/c1-24-13-12-18(20(24)27)25(2)21(28)19-16-6-4-3-5-7-17(16)26(23-19)15-10-8-14(22)9-11-15/h8-11,18H,3-7,12-13H2,1-2H3. The number of aromatic nitrogens is 2. The number of likely N-dealkylation sites (tertiary alicyclic amines) is 1. The van der Waals surface area contributed by atoms with Crippen molar-refractivity contribution in [3.05, 3.63) is 47.0 Å². The van der Waals surface area contributed by atoms with E-state index in [0.29, 0.717) is 18.7 Å². The van der Waals surface area contributed by atoms with Crippen molar-refractivity contribution < 1.29 is 14.0 Å². The summed E-state index contributed by atoms with van der Waals surface area (Å²) in [5, 5.41) is 4.65. The fourth-order valence-electron chi connectivity index (χ4n) is 4.22. The van der Waals surface area contributed by atoms with Gasteiger partial charge in [-0.15, -0.1) is 0 Å². The van der Waals surface area contributed by atoms with Crippen molar-refractivity contribution in [2.45, 2.75) is 44.6 Å². The third kappa shape index (κ3) is 3.19. The summed E-state index contributed by atoms with van der Waals surface area (Å²) >= 11 is 0. The summed E-state index contributed by atoms with van der Waals surface area (Å²) in [5.41, 5.74) is 3.16. The molecule has 2 aliphatic rings. The number of hydrogen-bond donors (Lipinski definition) is 0. The van der Waals surface area contributed by atoms with Crippen LogP contribution in [-0.4, -0.2) is 58.1 Å². The van der Waals surface area contributed by atoms with Gasteiger partial charge in [0.25, 0.3) is 5.91 Å². The zero-order valence-electron chi connectivity index (χ0n) is 16.3. The van der Waals surface area contributed by atoms with Crippen molar-refractivity contribution in [3.8, 4) is 5.69 Å². The van der Waals surface area contributed by atoms with Crippen LogP contribution in [0, 0.1) is 5.82 Å². The van der Waals surface area contributed by atoms with Crippen LogP contribution in [0.3, 0.4) is 0 Å². The first kappa shape index (κ1) is 18.7. The van der Waals surface area contributed by atoms with Crippen molar-refractivity contribution in [2.24, 2.45) is 0 Å². The Morgan fingerprint density at radius 2 is 1.89 bits per heavy atom. The van der Waals surface area contributed by atoms with E-state index >= 15 is 0 Å². The smallest absolute Gasteiger partial charge is 0.275 e. The normalized spacial score (nSPS) is 19.5. The molecule has 1 fully saturated rings. The molecule has 6 nitrogen and oxygen atoms in total. The predicted octanol–water partition coefficient (Wildman–Crippen LogP) is 2.58. The molecule has 7 heteroatoms. The molecule has 0 radical (unpaired) electrons. The van der Waals surface area contributed by atoms with E-state index < -0.39 is 6.04 Å². The Balaban J connectivity index is 1.73. The van der Waals surface area contributed by atoms with Gasteiger partial charge < -0.3 is 9.80 Å². The topological polar surface area (TPSA) is 58.4 Å². The lowest BCUT2D eigenvalue weighted by Gasteiger charge is -2.22. The molecule has 0 spiro atoms. The second-order valence-electron chi connectivity index (χ2n) is 7.70. The minimum absolute atomic E-state index is 0.0279. The van der Waals surface area contributed by atoms with Gasteiger partial charge in [-0.1, -0.05) is 6.42 Å². The fourth-order valence-corrected chi connectivity index (χ4v) is 4.22. The summed E-state index contributed by atoms with van der Waals surface area (Å²) in [6, 6.07) is 5.73. The molecule has 2 aromatic rings. The van der Waals surface area contributed by atoms with E-state index in [-0.39, 0.29) is 17.6 Å². The van der Waals surface area contributed by atoms with Crippen molar-refractivity contribution >= 4 is 11.8 Å². The number of amides is 2. The molecule has 1 aromatic heterocycles. The molecule has 1 unspecified atom stereocenters. The molecule has 0 saturated carbocycles. The second-order valence-corrected chi connectivity index (χ2v) is 7.70. The summed E-state index contributed by atoms with van der Waals surface area (Å²) in [4.78, 5) is 28.8. The molecule has 0 bridgehead atoms. The van der Waals surface area contributed by atoms with E-state index in [1.165, 1.54) is 17.0 Å². The highest BCUT2D eigenvalue weighted by Crippen LogP contribution is 2.28. The summed E-state index contributed by atoms with van der Waals surface area (Å²) in [6.45, 7) is 0.656. The molecular weight excluding hydrogens is 359 g/mol. The summed E-state index contributed by atoms with van der Waals surface area (Å²) in [7, 11) is 3.44. The van der Waals surface area contributed by atoms with Crippen LogP contribution < -0.4 is 0 Å². The Hall–Kier alpha value is -2.70. The SMILES string of the molecule is CN1CCC(N(C)C(=O)c2nn(-c3ccc(F)cc3)c3c2CCCCC3)C1=O. The quantitative estimate of drug-likeness (QED) is 0.765. The number of likely N-dealkylation sites (N-methyl/N-ethyl adjacent to an activating group) is 2. The molecule has 1 aliphatic carbocycles. The Kier molecular flexibility index (Phi) is 4.91. The Bertz CT molecular complexity index is 906. The summed E-state index contributed by atoms with van der Waals surface area (Å²) < 4.78 is 15.1. The maximum atomic E-state index is 13.4. The van der Waals surface area contributed by atoms with E-state index in [1.54, 1.807) is 35.8 Å². The van der Waals surface area contributed by atoms with Crippen LogP contribution in [0.4, 0.5) is 4.39 Å². The van der Waals surface area contributed by atoms with E-state index in [9.17, 15) is 14.0 Å². The van der Waals surface area contributed by atoms with Gasteiger partial charge in [-0.2, -0.15) is 5.10 Å². The van der Waals surface area contributed by atoms with Gasteiger partial charge in [-0.25, -0.2) is 9.07 Å². The number of nitrogens with zero attached hydrogens (tertiary/aromatic N) is 4. The number of hydrogen-bond acceptors (Lipinski definition) is 3. The lowest BCUT2D eigenvalue weighted by molar-refractivity contribution is -0.130. The minimum atomic E-state index is -0.435.